The average Bonchev–Trinajstić information content (AvgIpc) is 2.92. The van der Waals surface area contributed by atoms with Crippen LogP contribution in [0.4, 0.5) is 0 Å². The monoisotopic (exact) mass is 320 g/mol. The van der Waals surface area contributed by atoms with Crippen LogP contribution in [0.3, 0.4) is 0 Å². The number of nitrogens with zero attached hydrogens (tertiary/aromatic N) is 2. The SMILES string of the molecule is Cc1c(Cl)cccc1-n1ccnc1SC1CCCCC1=O. The van der Waals surface area contributed by atoms with Gasteiger partial charge in [-0.2, -0.15) is 0 Å². The highest BCUT2D eigenvalue weighted by molar-refractivity contribution is 8.00. The predicted octanol–water partition coefficient (Wildman–Crippen LogP) is 4.44. The molecule has 0 saturated heterocycles. The van der Waals surface area contributed by atoms with Gasteiger partial charge in [0.2, 0.25) is 0 Å². The van der Waals surface area contributed by atoms with Crippen molar-refractivity contribution in [2.24, 2.45) is 0 Å². The van der Waals surface area contributed by atoms with E-state index in [2.05, 4.69) is 4.98 Å². The topological polar surface area (TPSA) is 34.9 Å². The quantitative estimate of drug-likeness (QED) is 0.838. The van der Waals surface area contributed by atoms with Gasteiger partial charge in [0.25, 0.3) is 0 Å². The average molecular weight is 321 g/mol. The van der Waals surface area contributed by atoms with Crippen molar-refractivity contribution in [2.45, 2.75) is 43.0 Å². The number of hydrogen-bond acceptors (Lipinski definition) is 3. The normalized spacial score (nSPS) is 19.0. The zero-order chi connectivity index (χ0) is 14.8. The van der Waals surface area contributed by atoms with Gasteiger partial charge >= 0.3 is 0 Å². The first-order valence-corrected chi connectivity index (χ1v) is 8.41. The molecule has 1 fully saturated rings. The van der Waals surface area contributed by atoms with Gasteiger partial charge in [-0.15, -0.1) is 0 Å². The molecule has 110 valence electrons. The van der Waals surface area contributed by atoms with E-state index in [-0.39, 0.29) is 5.25 Å². The molecule has 3 rings (SSSR count). The molecule has 21 heavy (non-hydrogen) atoms. The highest BCUT2D eigenvalue weighted by atomic mass is 35.5. The molecular weight excluding hydrogens is 304 g/mol. The second kappa shape index (κ2) is 6.24. The first-order valence-electron chi connectivity index (χ1n) is 7.15. The van der Waals surface area contributed by atoms with Crippen molar-refractivity contribution < 1.29 is 4.79 Å². The molecule has 0 aliphatic heterocycles. The third-order valence-corrected chi connectivity index (χ3v) is 5.56. The molecule has 1 aromatic carbocycles. The van der Waals surface area contributed by atoms with Crippen molar-refractivity contribution in [3.05, 3.63) is 41.2 Å². The predicted molar refractivity (Wildman–Crippen MR) is 86.4 cm³/mol. The minimum absolute atomic E-state index is 0.0411. The molecule has 0 amide bonds. The Balaban J connectivity index is 1.90. The van der Waals surface area contributed by atoms with Gasteiger partial charge in [0.05, 0.1) is 10.9 Å². The lowest BCUT2D eigenvalue weighted by Crippen LogP contribution is -2.21. The Kier molecular flexibility index (Phi) is 4.36. The van der Waals surface area contributed by atoms with E-state index in [0.717, 1.165) is 40.7 Å². The van der Waals surface area contributed by atoms with Gasteiger partial charge < -0.3 is 0 Å². The molecule has 0 radical (unpaired) electrons. The lowest BCUT2D eigenvalue weighted by molar-refractivity contribution is -0.119. The van der Waals surface area contributed by atoms with Gasteiger partial charge in [0.15, 0.2) is 5.16 Å². The summed E-state index contributed by atoms with van der Waals surface area (Å²) in [6, 6.07) is 5.84. The van der Waals surface area contributed by atoms with Crippen LogP contribution in [0, 0.1) is 6.92 Å². The fourth-order valence-electron chi connectivity index (χ4n) is 2.62. The third-order valence-electron chi connectivity index (χ3n) is 3.85. The molecule has 1 heterocycles. The standard InChI is InChI=1S/C16H17ClN2OS/c1-11-12(17)5-4-6-13(11)19-10-9-18-16(19)21-15-8-3-2-7-14(15)20/h4-6,9-10,15H,2-3,7-8H2,1H3. The summed E-state index contributed by atoms with van der Waals surface area (Å²) in [6.45, 7) is 2.00. The summed E-state index contributed by atoms with van der Waals surface area (Å²) in [6.07, 6.45) is 7.50. The maximum atomic E-state index is 12.0. The largest absolute Gasteiger partial charge is 0.298 e. The molecule has 3 nitrogen and oxygen atoms in total. The molecule has 1 aromatic heterocycles. The van der Waals surface area contributed by atoms with Crippen molar-refractivity contribution in [3.8, 4) is 5.69 Å². The summed E-state index contributed by atoms with van der Waals surface area (Å²) in [5.41, 5.74) is 2.04. The lowest BCUT2D eigenvalue weighted by Gasteiger charge is -2.20. The molecule has 5 heteroatoms. The second-order valence-electron chi connectivity index (χ2n) is 5.28. The van der Waals surface area contributed by atoms with Gasteiger partial charge in [-0.1, -0.05) is 35.9 Å². The summed E-state index contributed by atoms with van der Waals surface area (Å²) in [5.74, 6) is 0.351. The first kappa shape index (κ1) is 14.7. The van der Waals surface area contributed by atoms with Crippen LogP contribution in [0.15, 0.2) is 35.7 Å². The lowest BCUT2D eigenvalue weighted by atomic mass is 9.99. The van der Waals surface area contributed by atoms with E-state index in [9.17, 15) is 4.79 Å². The molecule has 0 bridgehead atoms. The van der Waals surface area contributed by atoms with Gasteiger partial charge in [-0.25, -0.2) is 4.98 Å². The van der Waals surface area contributed by atoms with Gasteiger partial charge in [-0.05, 0) is 37.5 Å². The highest BCUT2D eigenvalue weighted by Crippen LogP contribution is 2.33. The van der Waals surface area contributed by atoms with Crippen LogP contribution in [0.5, 0.6) is 0 Å². The van der Waals surface area contributed by atoms with E-state index in [1.54, 1.807) is 18.0 Å². The van der Waals surface area contributed by atoms with E-state index in [4.69, 9.17) is 11.6 Å². The third kappa shape index (κ3) is 3.01. The maximum Gasteiger partial charge on any atom is 0.173 e. The zero-order valence-electron chi connectivity index (χ0n) is 11.9. The molecule has 0 spiro atoms. The van der Waals surface area contributed by atoms with Crippen LogP contribution < -0.4 is 0 Å². The Labute approximate surface area is 133 Å². The van der Waals surface area contributed by atoms with E-state index in [0.29, 0.717) is 12.2 Å². The smallest absolute Gasteiger partial charge is 0.173 e. The number of imidazole rings is 1. The fourth-order valence-corrected chi connectivity index (χ4v) is 3.97. The molecule has 0 N–H and O–H groups in total. The minimum Gasteiger partial charge on any atom is -0.298 e. The van der Waals surface area contributed by atoms with Crippen LogP contribution in [-0.4, -0.2) is 20.6 Å². The number of thioether (sulfide) groups is 1. The molecule has 1 atom stereocenters. The molecule has 1 aliphatic rings. The van der Waals surface area contributed by atoms with Crippen molar-refractivity contribution in [2.75, 3.05) is 0 Å². The molecule has 2 aromatic rings. The minimum atomic E-state index is 0.0411. The number of benzene rings is 1. The Morgan fingerprint density at radius 3 is 3.05 bits per heavy atom. The van der Waals surface area contributed by atoms with Gasteiger partial charge in [0.1, 0.15) is 5.78 Å². The van der Waals surface area contributed by atoms with E-state index in [1.165, 1.54) is 0 Å². The summed E-state index contributed by atoms with van der Waals surface area (Å²) < 4.78 is 2.02. The number of Topliss-reactive ketones (excluding diaryl/α,β-unsaturated/α-hetero) is 1. The molecule has 1 saturated carbocycles. The first-order chi connectivity index (χ1) is 10.2. The molecular formula is C16H17ClN2OS. The zero-order valence-corrected chi connectivity index (χ0v) is 13.5. The van der Waals surface area contributed by atoms with Crippen LogP contribution in [0.1, 0.15) is 31.2 Å². The Morgan fingerprint density at radius 1 is 1.38 bits per heavy atom. The number of halogens is 1. The van der Waals surface area contributed by atoms with Gasteiger partial charge in [0, 0.05) is 23.8 Å². The summed E-state index contributed by atoms with van der Waals surface area (Å²) in [4.78, 5) is 16.4. The Morgan fingerprint density at radius 2 is 2.24 bits per heavy atom. The van der Waals surface area contributed by atoms with Crippen LogP contribution in [-0.2, 0) is 4.79 Å². The number of hydrogen-bond donors (Lipinski definition) is 0. The summed E-state index contributed by atoms with van der Waals surface area (Å²) >= 11 is 7.78. The van der Waals surface area contributed by atoms with Crippen LogP contribution in [0.25, 0.3) is 5.69 Å². The number of carbonyl (C=O) groups is 1. The summed E-state index contributed by atoms with van der Waals surface area (Å²) in [5, 5.41) is 1.64. The van der Waals surface area contributed by atoms with Crippen molar-refractivity contribution in [1.29, 1.82) is 0 Å². The second-order valence-corrected chi connectivity index (χ2v) is 6.86. The number of aromatic nitrogens is 2. The number of ketones is 1. The number of carbonyl (C=O) groups excluding carboxylic acids is 1. The van der Waals surface area contributed by atoms with E-state index >= 15 is 0 Å². The molecule has 1 unspecified atom stereocenters. The van der Waals surface area contributed by atoms with Crippen molar-refractivity contribution in [3.63, 3.8) is 0 Å². The van der Waals surface area contributed by atoms with E-state index in [1.807, 2.05) is 35.9 Å². The van der Waals surface area contributed by atoms with Crippen molar-refractivity contribution >= 4 is 29.1 Å². The maximum absolute atomic E-state index is 12.0. The fraction of sp³-hybridized carbons (Fsp3) is 0.375. The van der Waals surface area contributed by atoms with Gasteiger partial charge in [-0.3, -0.25) is 9.36 Å². The van der Waals surface area contributed by atoms with E-state index < -0.39 is 0 Å². The highest BCUT2D eigenvalue weighted by Gasteiger charge is 2.25. The van der Waals surface area contributed by atoms with Crippen LogP contribution >= 0.6 is 23.4 Å². The molecule has 1 aliphatic carbocycles. The Bertz CT molecular complexity index is 668. The van der Waals surface area contributed by atoms with Crippen LogP contribution in [0.2, 0.25) is 5.02 Å². The number of rotatable bonds is 3. The summed E-state index contributed by atoms with van der Waals surface area (Å²) in [7, 11) is 0. The Hall–Kier alpha value is -1.26. The van der Waals surface area contributed by atoms with Crippen molar-refractivity contribution in [1.82, 2.24) is 9.55 Å².